The summed E-state index contributed by atoms with van der Waals surface area (Å²) in [6.07, 6.45) is 0.700. The first-order valence-electron chi connectivity index (χ1n) is 6.42. The molecule has 5 nitrogen and oxygen atoms in total. The number of hydrogen-bond acceptors (Lipinski definition) is 4. The summed E-state index contributed by atoms with van der Waals surface area (Å²) in [6.45, 7) is 8.15. The molecule has 1 aromatic rings. The van der Waals surface area contributed by atoms with Crippen LogP contribution in [0.1, 0.15) is 32.8 Å². The summed E-state index contributed by atoms with van der Waals surface area (Å²) in [7, 11) is 0. The molecule has 1 aromatic carbocycles. The molecule has 0 aliphatic heterocycles. The molecule has 0 spiro atoms. The maximum Gasteiger partial charge on any atom is 0.269 e. The minimum absolute atomic E-state index is 0.0805. The molecule has 0 saturated heterocycles. The van der Waals surface area contributed by atoms with E-state index in [0.29, 0.717) is 18.9 Å². The Morgan fingerprint density at radius 1 is 1.47 bits per heavy atom. The van der Waals surface area contributed by atoms with Crippen molar-refractivity contribution in [3.8, 4) is 0 Å². The minimum Gasteiger partial charge on any atom is -0.388 e. The second-order valence-corrected chi connectivity index (χ2v) is 5.70. The topological polar surface area (TPSA) is 75.4 Å². The van der Waals surface area contributed by atoms with Gasteiger partial charge in [-0.15, -0.1) is 0 Å². The number of anilines is 1. The predicted octanol–water partition coefficient (Wildman–Crippen LogP) is 3.11. The first kappa shape index (κ1) is 15.4. The molecule has 0 bridgehead atoms. The third kappa shape index (κ3) is 4.87. The van der Waals surface area contributed by atoms with E-state index in [2.05, 4.69) is 19.2 Å². The van der Waals surface area contributed by atoms with Gasteiger partial charge in [-0.2, -0.15) is 0 Å². The number of nitro benzene ring substituents is 1. The highest BCUT2D eigenvalue weighted by molar-refractivity contribution is 5.55. The van der Waals surface area contributed by atoms with Crippen molar-refractivity contribution in [1.82, 2.24) is 0 Å². The molecule has 0 aliphatic rings. The lowest BCUT2D eigenvalue weighted by atomic mass is 9.94. The smallest absolute Gasteiger partial charge is 0.269 e. The van der Waals surface area contributed by atoms with Gasteiger partial charge in [-0.3, -0.25) is 10.1 Å². The fourth-order valence-electron chi connectivity index (χ4n) is 2.20. The fraction of sp³-hybridized carbons (Fsp3) is 0.571. The molecular formula is C14H22N2O3. The van der Waals surface area contributed by atoms with Gasteiger partial charge in [0.05, 0.1) is 10.5 Å². The Morgan fingerprint density at radius 3 is 2.58 bits per heavy atom. The van der Waals surface area contributed by atoms with Crippen LogP contribution in [-0.2, 0) is 0 Å². The van der Waals surface area contributed by atoms with Gasteiger partial charge in [0, 0.05) is 24.4 Å². The van der Waals surface area contributed by atoms with E-state index in [0.717, 1.165) is 11.3 Å². The number of nitrogens with zero attached hydrogens (tertiary/aromatic N) is 1. The third-order valence-electron chi connectivity index (χ3n) is 2.93. The van der Waals surface area contributed by atoms with Crippen LogP contribution in [0.2, 0.25) is 0 Å². The summed E-state index contributed by atoms with van der Waals surface area (Å²) >= 11 is 0. The van der Waals surface area contributed by atoms with Crippen LogP contribution in [0.5, 0.6) is 0 Å². The van der Waals surface area contributed by atoms with Crippen LogP contribution in [0.4, 0.5) is 11.4 Å². The molecule has 2 N–H and O–H groups in total. The van der Waals surface area contributed by atoms with Gasteiger partial charge in [-0.05, 0) is 37.8 Å². The molecule has 0 aromatic heterocycles. The summed E-state index contributed by atoms with van der Waals surface area (Å²) in [5.41, 5.74) is 0.906. The van der Waals surface area contributed by atoms with E-state index >= 15 is 0 Å². The Bertz CT molecular complexity index is 456. The average molecular weight is 266 g/mol. The highest BCUT2D eigenvalue weighted by atomic mass is 16.6. The molecule has 1 unspecified atom stereocenters. The molecular weight excluding hydrogens is 244 g/mol. The molecule has 0 aliphatic carbocycles. The Labute approximate surface area is 113 Å². The van der Waals surface area contributed by atoms with Crippen LogP contribution in [0, 0.1) is 23.0 Å². The van der Waals surface area contributed by atoms with Crippen LogP contribution < -0.4 is 5.32 Å². The quantitative estimate of drug-likeness (QED) is 0.612. The third-order valence-corrected chi connectivity index (χ3v) is 2.93. The molecule has 106 valence electrons. The van der Waals surface area contributed by atoms with Crippen LogP contribution in [-0.4, -0.2) is 22.2 Å². The van der Waals surface area contributed by atoms with E-state index in [-0.39, 0.29) is 5.69 Å². The average Bonchev–Trinajstić information content (AvgIpc) is 2.25. The van der Waals surface area contributed by atoms with Gasteiger partial charge in [0.25, 0.3) is 5.69 Å². The number of aryl methyl sites for hydroxylation is 1. The normalized spacial score (nSPS) is 14.2. The van der Waals surface area contributed by atoms with Gasteiger partial charge < -0.3 is 10.4 Å². The van der Waals surface area contributed by atoms with Crippen molar-refractivity contribution < 1.29 is 10.0 Å². The molecule has 19 heavy (non-hydrogen) atoms. The number of rotatable bonds is 6. The van der Waals surface area contributed by atoms with E-state index in [4.69, 9.17) is 0 Å². The lowest BCUT2D eigenvalue weighted by Crippen LogP contribution is -2.35. The monoisotopic (exact) mass is 266 g/mol. The van der Waals surface area contributed by atoms with Crippen molar-refractivity contribution in [3.63, 3.8) is 0 Å². The summed E-state index contributed by atoms with van der Waals surface area (Å²) < 4.78 is 0. The van der Waals surface area contributed by atoms with E-state index < -0.39 is 10.5 Å². The minimum atomic E-state index is -0.789. The zero-order valence-corrected chi connectivity index (χ0v) is 11.9. The zero-order valence-electron chi connectivity index (χ0n) is 11.9. The predicted molar refractivity (Wildman–Crippen MR) is 76.4 cm³/mol. The number of benzene rings is 1. The number of non-ortho nitro benzene ring substituents is 1. The Hall–Kier alpha value is -1.62. The molecule has 5 heteroatoms. The van der Waals surface area contributed by atoms with Crippen molar-refractivity contribution in [2.45, 2.75) is 39.7 Å². The van der Waals surface area contributed by atoms with Gasteiger partial charge in [-0.25, -0.2) is 0 Å². The van der Waals surface area contributed by atoms with E-state index in [1.54, 1.807) is 13.0 Å². The van der Waals surface area contributed by atoms with Crippen molar-refractivity contribution in [2.75, 3.05) is 11.9 Å². The van der Waals surface area contributed by atoms with Crippen LogP contribution in [0.3, 0.4) is 0 Å². The first-order chi connectivity index (χ1) is 8.71. The standard InChI is InChI=1S/C14H22N2O3/c1-10(2)8-14(4,17)9-15-13-6-5-12(16(18)19)7-11(13)3/h5-7,10,15,17H,8-9H2,1-4H3. The van der Waals surface area contributed by atoms with Crippen molar-refractivity contribution in [2.24, 2.45) is 5.92 Å². The Balaban J connectivity index is 2.71. The fourth-order valence-corrected chi connectivity index (χ4v) is 2.20. The van der Waals surface area contributed by atoms with Crippen molar-refractivity contribution in [3.05, 3.63) is 33.9 Å². The van der Waals surface area contributed by atoms with Crippen molar-refractivity contribution >= 4 is 11.4 Å². The van der Waals surface area contributed by atoms with Gasteiger partial charge in [0.2, 0.25) is 0 Å². The second-order valence-electron chi connectivity index (χ2n) is 5.70. The molecule has 0 fully saturated rings. The summed E-state index contributed by atoms with van der Waals surface area (Å²) in [5, 5.41) is 24.0. The van der Waals surface area contributed by atoms with Crippen molar-refractivity contribution in [1.29, 1.82) is 0 Å². The Morgan fingerprint density at radius 2 is 2.11 bits per heavy atom. The van der Waals surface area contributed by atoms with Crippen LogP contribution >= 0.6 is 0 Å². The van der Waals surface area contributed by atoms with E-state index in [1.807, 2.05) is 6.92 Å². The second kappa shape index (κ2) is 6.02. The number of hydrogen-bond donors (Lipinski definition) is 2. The number of nitrogens with one attached hydrogen (secondary N) is 1. The maximum atomic E-state index is 10.6. The SMILES string of the molecule is Cc1cc([N+](=O)[O-])ccc1NCC(C)(O)CC(C)C. The maximum absolute atomic E-state index is 10.6. The lowest BCUT2D eigenvalue weighted by molar-refractivity contribution is -0.384. The largest absolute Gasteiger partial charge is 0.388 e. The number of aliphatic hydroxyl groups is 1. The van der Waals surface area contributed by atoms with E-state index in [9.17, 15) is 15.2 Å². The summed E-state index contributed by atoms with van der Waals surface area (Å²) in [4.78, 5) is 10.2. The lowest BCUT2D eigenvalue weighted by Gasteiger charge is -2.26. The van der Waals surface area contributed by atoms with Crippen LogP contribution in [0.15, 0.2) is 18.2 Å². The van der Waals surface area contributed by atoms with Gasteiger partial charge in [0.15, 0.2) is 0 Å². The summed E-state index contributed by atoms with van der Waals surface area (Å²) in [5.74, 6) is 0.412. The van der Waals surface area contributed by atoms with E-state index in [1.165, 1.54) is 12.1 Å². The highest BCUT2D eigenvalue weighted by Crippen LogP contribution is 2.23. The van der Waals surface area contributed by atoms with Gasteiger partial charge >= 0.3 is 0 Å². The van der Waals surface area contributed by atoms with Crippen LogP contribution in [0.25, 0.3) is 0 Å². The molecule has 0 saturated carbocycles. The highest BCUT2D eigenvalue weighted by Gasteiger charge is 2.21. The molecule has 0 amide bonds. The molecule has 0 heterocycles. The molecule has 0 radical (unpaired) electrons. The van der Waals surface area contributed by atoms with Gasteiger partial charge in [-0.1, -0.05) is 13.8 Å². The van der Waals surface area contributed by atoms with Gasteiger partial charge in [0.1, 0.15) is 0 Å². The zero-order chi connectivity index (χ0) is 14.6. The Kier molecular flexibility index (Phi) is 4.89. The number of nitro groups is 1. The molecule has 1 atom stereocenters. The first-order valence-corrected chi connectivity index (χ1v) is 6.42. The molecule has 1 rings (SSSR count). The summed E-state index contributed by atoms with van der Waals surface area (Å²) in [6, 6.07) is 4.67.